The van der Waals surface area contributed by atoms with Crippen molar-refractivity contribution >= 4 is 46.4 Å². The third-order valence-electron chi connectivity index (χ3n) is 12.7. The second-order valence-corrected chi connectivity index (χ2v) is 18.8. The molecule has 326 valence electrons. The zero-order valence-electron chi connectivity index (χ0n) is 44.8. The molecule has 12 rings (SSSR count). The fraction of sp³-hybridized carbons (Fsp3) is 0.0847. The van der Waals surface area contributed by atoms with Crippen LogP contribution in [0.15, 0.2) is 206 Å². The molecule has 0 unspecified atom stereocenters. The van der Waals surface area contributed by atoms with Crippen molar-refractivity contribution in [1.29, 1.82) is 0 Å². The first-order valence-corrected chi connectivity index (χ1v) is 23.3. The average Bonchev–Trinajstić information content (AvgIpc) is 3.91. The van der Waals surface area contributed by atoms with E-state index in [4.69, 9.17) is 17.9 Å². The molecule has 0 N–H and O–H groups in total. The molecule has 0 fully saturated rings. The Bertz CT molecular complexity index is 4030. The van der Waals surface area contributed by atoms with Crippen LogP contribution < -0.4 is 19.8 Å². The summed E-state index contributed by atoms with van der Waals surface area (Å²) in [7, 11) is 0. The standard InChI is InChI=1S/C59H46BN5O.Pt/c1-40-35-36-44(62-39-63(52-30-13-12-29-51(52)62)58-45(41-19-6-5-7-20-41)25-17-26-46(58)42-21-16-22-43(37-42)59(2,3)4)38-55(40)66-57-34-18-33-56(61-57)65-54-32-15-14-31-53(54)64-50-28-11-9-24-48(50)47-23-8-10-27-49(47)60(64)65;/h5-38H,1-4H3;/i1D3,5D,6D,7D,19D,20D;. The van der Waals surface area contributed by atoms with Crippen LogP contribution in [-0.2, 0) is 24.8 Å². The fourth-order valence-electron chi connectivity index (χ4n) is 9.69. The SMILES string of the molecule is [2H]c1c([2H])c([2H])c(-c2cccc(-c3cccc(C(C)(C)C)c3)c2-n2[c](=[Pt])n(-c3ccc(C([2H])([2H])[2H])c(Oc4cccc(N5B6c7ccccc7-c7ccccc7N6c6ccccc65)n4)c3)c3ccccc32)c([2H])c1[2H]. The Morgan fingerprint density at radius 1 is 0.582 bits per heavy atom. The Hall–Kier alpha value is -7.47. The van der Waals surface area contributed by atoms with Crippen LogP contribution in [0.25, 0.3) is 55.8 Å². The van der Waals surface area contributed by atoms with Gasteiger partial charge in [0.05, 0.1) is 0 Å². The summed E-state index contributed by atoms with van der Waals surface area (Å²) < 4.78 is 81.9. The zero-order chi connectivity index (χ0) is 52.2. The first-order valence-electron chi connectivity index (χ1n) is 26.2. The number of hydrogen-bond donors (Lipinski definition) is 0. The van der Waals surface area contributed by atoms with Crippen molar-refractivity contribution in [2.75, 3.05) is 9.62 Å². The summed E-state index contributed by atoms with van der Waals surface area (Å²) in [5.41, 5.74) is 12.2. The van der Waals surface area contributed by atoms with Gasteiger partial charge in [-0.25, -0.2) is 0 Å². The van der Waals surface area contributed by atoms with E-state index in [-0.39, 0.29) is 47.2 Å². The maximum atomic E-state index is 9.20. The van der Waals surface area contributed by atoms with Crippen LogP contribution in [0.5, 0.6) is 11.6 Å². The van der Waals surface area contributed by atoms with Gasteiger partial charge < -0.3 is 0 Å². The number of anilines is 4. The molecule has 0 amide bonds. The second kappa shape index (κ2) is 16.1. The van der Waals surface area contributed by atoms with Crippen LogP contribution in [0.2, 0.25) is 0 Å². The number of ether oxygens (including phenoxy) is 1. The molecule has 4 heterocycles. The Labute approximate surface area is 413 Å². The number of nitrogens with zero attached hydrogens (tertiary/aromatic N) is 5. The first-order chi connectivity index (χ1) is 36.0. The Morgan fingerprint density at radius 3 is 2.00 bits per heavy atom. The number of imidazole rings is 1. The van der Waals surface area contributed by atoms with Gasteiger partial charge in [-0.05, 0) is 17.7 Å². The Balaban J connectivity index is 1.03. The van der Waals surface area contributed by atoms with Gasteiger partial charge in [0.1, 0.15) is 0 Å². The molecule has 6 nitrogen and oxygen atoms in total. The van der Waals surface area contributed by atoms with Crippen LogP contribution in [0.1, 0.15) is 42.9 Å². The molecule has 0 atom stereocenters. The molecule has 0 saturated heterocycles. The molecule has 10 aromatic rings. The molecule has 67 heavy (non-hydrogen) atoms. The van der Waals surface area contributed by atoms with Gasteiger partial charge in [-0.1, -0.05) is 54.6 Å². The second-order valence-electron chi connectivity index (χ2n) is 17.8. The topological polar surface area (TPSA) is 38.5 Å². The van der Waals surface area contributed by atoms with Gasteiger partial charge in [0.25, 0.3) is 0 Å². The van der Waals surface area contributed by atoms with E-state index in [1.165, 1.54) is 0 Å². The third kappa shape index (κ3) is 6.83. The van der Waals surface area contributed by atoms with E-state index in [0.29, 0.717) is 26.6 Å². The van der Waals surface area contributed by atoms with Crippen LogP contribution >= 0.6 is 0 Å². The van der Waals surface area contributed by atoms with E-state index in [2.05, 4.69) is 123 Å². The van der Waals surface area contributed by atoms with Gasteiger partial charge in [0.2, 0.25) is 0 Å². The summed E-state index contributed by atoms with van der Waals surface area (Å²) in [6, 6.07) is 55.5. The van der Waals surface area contributed by atoms with Gasteiger partial charge in [0.15, 0.2) is 0 Å². The average molecular weight is 1050 g/mol. The normalized spacial score (nSPS) is 14.7. The Kier molecular flexibility index (Phi) is 7.97. The first kappa shape index (κ1) is 33.1. The molecular weight excluding hydrogens is 1000 g/mol. The van der Waals surface area contributed by atoms with E-state index in [1.54, 1.807) is 30.3 Å². The molecular formula is C59H46BN5OPt. The monoisotopic (exact) mass is 1050 g/mol. The maximum absolute atomic E-state index is 9.20. The van der Waals surface area contributed by atoms with Crippen molar-refractivity contribution in [3.8, 4) is 56.4 Å². The number of pyridine rings is 1. The number of aryl methyl sites for hydroxylation is 1. The van der Waals surface area contributed by atoms with Crippen LogP contribution in [0.3, 0.4) is 0 Å². The van der Waals surface area contributed by atoms with Crippen molar-refractivity contribution in [2.45, 2.75) is 33.0 Å². The molecule has 2 aliphatic rings. The molecule has 8 aromatic carbocycles. The Morgan fingerprint density at radius 2 is 1.22 bits per heavy atom. The van der Waals surface area contributed by atoms with E-state index >= 15 is 0 Å². The molecule has 2 aromatic heterocycles. The van der Waals surface area contributed by atoms with E-state index in [1.807, 2.05) is 81.9 Å². The van der Waals surface area contributed by atoms with E-state index in [9.17, 15) is 2.74 Å². The van der Waals surface area contributed by atoms with E-state index in [0.717, 1.165) is 61.4 Å². The third-order valence-corrected chi connectivity index (χ3v) is 13.8. The number of benzene rings is 8. The molecule has 0 spiro atoms. The fourth-order valence-corrected chi connectivity index (χ4v) is 10.8. The molecule has 0 aliphatic carbocycles. The number of rotatable bonds is 7. The molecule has 2 aliphatic heterocycles. The predicted molar refractivity (Wildman–Crippen MR) is 272 cm³/mol. The number of fused-ring (bicyclic) bond motifs is 9. The van der Waals surface area contributed by atoms with Crippen molar-refractivity contribution in [2.24, 2.45) is 0 Å². The van der Waals surface area contributed by atoms with Gasteiger partial charge >= 0.3 is 332 Å². The molecule has 0 radical (unpaired) electrons. The predicted octanol–water partition coefficient (Wildman–Crippen LogP) is 14.3. The summed E-state index contributed by atoms with van der Waals surface area (Å²) in [6.07, 6.45) is 0. The van der Waals surface area contributed by atoms with Gasteiger partial charge in [-0.15, -0.1) is 0 Å². The molecule has 0 bridgehead atoms. The molecule has 8 heteroatoms. The summed E-state index contributed by atoms with van der Waals surface area (Å²) in [5, 5.41) is 0. The number of hydrogen-bond acceptors (Lipinski definition) is 4. The minimum atomic E-state index is -2.57. The summed E-state index contributed by atoms with van der Waals surface area (Å²) in [5.74, 6) is 0.909. The summed E-state index contributed by atoms with van der Waals surface area (Å²) in [6.45, 7) is 3.61. The molecule has 0 saturated carbocycles. The van der Waals surface area contributed by atoms with Crippen molar-refractivity contribution in [3.63, 3.8) is 0 Å². The number of aromatic nitrogens is 3. The minimum absolute atomic E-state index is 0.000975. The van der Waals surface area contributed by atoms with Crippen LogP contribution in [0.4, 0.5) is 22.9 Å². The van der Waals surface area contributed by atoms with Crippen LogP contribution in [-0.4, -0.2) is 21.1 Å². The summed E-state index contributed by atoms with van der Waals surface area (Å²) >= 11 is 2.26. The van der Waals surface area contributed by atoms with Crippen molar-refractivity contribution < 1.29 is 35.1 Å². The van der Waals surface area contributed by atoms with Gasteiger partial charge in [-0.2, -0.15) is 0 Å². The quantitative estimate of drug-likeness (QED) is 0.149. The van der Waals surface area contributed by atoms with Crippen LogP contribution in [0, 0.1) is 10.7 Å². The summed E-state index contributed by atoms with van der Waals surface area (Å²) in [4.78, 5) is 9.71. The van der Waals surface area contributed by atoms with Crippen molar-refractivity contribution in [3.05, 3.63) is 221 Å². The van der Waals surface area contributed by atoms with Crippen molar-refractivity contribution in [1.82, 2.24) is 14.1 Å². The zero-order valence-corrected chi connectivity index (χ0v) is 39.1. The number of para-hydroxylation sites is 6. The van der Waals surface area contributed by atoms with E-state index < -0.39 is 25.0 Å². The van der Waals surface area contributed by atoms with Gasteiger partial charge in [0, 0.05) is 11.3 Å². The van der Waals surface area contributed by atoms with Gasteiger partial charge in [-0.3, -0.25) is 0 Å².